The number of carbonyl (C=O) groups is 2. The third kappa shape index (κ3) is 4.37. The van der Waals surface area contributed by atoms with Crippen LogP contribution in [0, 0.1) is 0 Å². The predicted molar refractivity (Wildman–Crippen MR) is 155 cm³/mol. The first kappa shape index (κ1) is 26.4. The molecule has 0 amide bonds. The maximum absolute atomic E-state index is 14.3. The Hall–Kier alpha value is -4.82. The Balaban J connectivity index is 1.63. The number of carbonyl (C=O) groups excluding carboxylic acids is 1. The largest absolute Gasteiger partial charge is 0.607 e. The summed E-state index contributed by atoms with van der Waals surface area (Å²) in [6, 6.07) is 44.3. The summed E-state index contributed by atoms with van der Waals surface area (Å²) in [6.45, 7) is 0. The lowest BCUT2D eigenvalue weighted by molar-refractivity contribution is -0.156. The molecule has 1 unspecified atom stereocenters. The van der Waals surface area contributed by atoms with Crippen LogP contribution in [0.25, 0.3) is 0 Å². The van der Waals surface area contributed by atoms with Gasteiger partial charge in [0, 0.05) is 5.19 Å². The van der Waals surface area contributed by atoms with E-state index in [9.17, 15) is 14.7 Å². The molecule has 41 heavy (non-hydrogen) atoms. The van der Waals surface area contributed by atoms with Crippen LogP contribution in [0.2, 0.25) is 0 Å². The average molecular weight is 559 g/mol. The molecule has 1 aliphatic heterocycles. The van der Waals surface area contributed by atoms with Gasteiger partial charge in [0.2, 0.25) is 11.2 Å². The van der Waals surface area contributed by atoms with Crippen molar-refractivity contribution < 1.29 is 28.0 Å². The minimum Gasteiger partial charge on any atom is -0.479 e. The van der Waals surface area contributed by atoms with Gasteiger partial charge < -0.3 is 18.4 Å². The van der Waals surface area contributed by atoms with Crippen molar-refractivity contribution in [1.82, 2.24) is 0 Å². The fourth-order valence-electron chi connectivity index (χ4n) is 5.31. The molecule has 6 rings (SSSR count). The standard InChI is InChI=1S/C34H26O6Si/c35-31(36)33(26-16-6-1-7-17-26,27-18-8-2-9-19-27)39-41(30-24-14-5-15-25-30)38-32(37)34(40-41,28-20-10-3-11-21-28)29-22-12-4-13-23-29/h1-25H,(H,35,36). The fraction of sp³-hybridized carbons (Fsp3) is 0.0588. The molecule has 1 atom stereocenters. The molecule has 0 aromatic heterocycles. The molecule has 0 bridgehead atoms. The SMILES string of the molecule is O=C(O)C(O[Si]1(c2ccccc2)OC(=O)C(c2ccccc2)(c2ccccc2)O1)(c1ccccc1)c1ccccc1. The minimum atomic E-state index is -4.37. The molecule has 7 heteroatoms. The number of rotatable bonds is 8. The second kappa shape index (κ2) is 10.6. The van der Waals surface area contributed by atoms with Crippen LogP contribution in [0.5, 0.6) is 0 Å². The van der Waals surface area contributed by atoms with Crippen molar-refractivity contribution in [3.8, 4) is 0 Å². The molecule has 0 spiro atoms. The molecule has 1 heterocycles. The van der Waals surface area contributed by atoms with Crippen LogP contribution in [0.4, 0.5) is 0 Å². The quantitative estimate of drug-likeness (QED) is 0.257. The molecular weight excluding hydrogens is 532 g/mol. The van der Waals surface area contributed by atoms with Crippen molar-refractivity contribution in [2.45, 2.75) is 11.2 Å². The second-order valence-corrected chi connectivity index (χ2v) is 11.9. The van der Waals surface area contributed by atoms with Crippen molar-refractivity contribution in [2.75, 3.05) is 0 Å². The molecule has 5 aromatic rings. The third-order valence-corrected chi connectivity index (χ3v) is 9.88. The molecule has 0 aliphatic carbocycles. The third-order valence-electron chi connectivity index (χ3n) is 7.24. The number of carboxylic acids is 1. The summed E-state index contributed by atoms with van der Waals surface area (Å²) in [6.07, 6.45) is 0. The van der Waals surface area contributed by atoms with E-state index in [1.807, 2.05) is 42.5 Å². The Bertz CT molecular complexity index is 1570. The zero-order chi connectivity index (χ0) is 28.3. The van der Waals surface area contributed by atoms with Crippen LogP contribution in [-0.2, 0) is 34.1 Å². The smallest absolute Gasteiger partial charge is 0.479 e. The Morgan fingerprint density at radius 2 is 1.02 bits per heavy atom. The first-order valence-corrected chi connectivity index (χ1v) is 14.9. The van der Waals surface area contributed by atoms with Crippen molar-refractivity contribution in [3.05, 3.63) is 174 Å². The molecule has 1 aliphatic rings. The Kier molecular flexibility index (Phi) is 6.84. The van der Waals surface area contributed by atoms with Gasteiger partial charge in [0.15, 0.2) is 0 Å². The van der Waals surface area contributed by atoms with Crippen molar-refractivity contribution in [1.29, 1.82) is 0 Å². The maximum atomic E-state index is 14.3. The van der Waals surface area contributed by atoms with E-state index in [4.69, 9.17) is 13.3 Å². The Morgan fingerprint density at radius 1 is 0.634 bits per heavy atom. The predicted octanol–water partition coefficient (Wildman–Crippen LogP) is 5.39. The number of hydrogen-bond donors (Lipinski definition) is 1. The lowest BCUT2D eigenvalue weighted by Gasteiger charge is -2.37. The van der Waals surface area contributed by atoms with Gasteiger partial charge in [0.05, 0.1) is 0 Å². The van der Waals surface area contributed by atoms with Gasteiger partial charge in [0.25, 0.3) is 0 Å². The van der Waals surface area contributed by atoms with Crippen LogP contribution in [0.3, 0.4) is 0 Å². The molecular formula is C34H26O6Si. The summed E-state index contributed by atoms with van der Waals surface area (Å²) in [5.41, 5.74) is -1.94. The topological polar surface area (TPSA) is 82.1 Å². The van der Waals surface area contributed by atoms with Gasteiger partial charge in [-0.05, 0) is 22.3 Å². The zero-order valence-corrected chi connectivity index (χ0v) is 22.9. The van der Waals surface area contributed by atoms with E-state index in [1.54, 1.807) is 109 Å². The van der Waals surface area contributed by atoms with Gasteiger partial charge in [0.1, 0.15) is 0 Å². The summed E-state index contributed by atoms with van der Waals surface area (Å²) in [7, 11) is -4.37. The second-order valence-electron chi connectivity index (χ2n) is 9.65. The molecule has 6 nitrogen and oxygen atoms in total. The van der Waals surface area contributed by atoms with E-state index >= 15 is 0 Å². The van der Waals surface area contributed by atoms with E-state index in [1.165, 1.54) is 0 Å². The maximum Gasteiger partial charge on any atom is 0.607 e. The zero-order valence-electron chi connectivity index (χ0n) is 21.9. The highest BCUT2D eigenvalue weighted by molar-refractivity contribution is 6.78. The molecule has 5 aromatic carbocycles. The average Bonchev–Trinajstić information content (AvgIpc) is 3.35. The van der Waals surface area contributed by atoms with Crippen LogP contribution in [-0.4, -0.2) is 25.8 Å². The molecule has 1 N–H and O–H groups in total. The summed E-state index contributed by atoms with van der Waals surface area (Å²) in [5.74, 6) is -1.94. The van der Waals surface area contributed by atoms with Crippen LogP contribution in [0.15, 0.2) is 152 Å². The molecule has 1 fully saturated rings. The van der Waals surface area contributed by atoms with Gasteiger partial charge in [-0.3, -0.25) is 0 Å². The molecule has 0 radical (unpaired) electrons. The monoisotopic (exact) mass is 558 g/mol. The number of benzene rings is 5. The summed E-state index contributed by atoms with van der Waals surface area (Å²) in [4.78, 5) is 27.7. The van der Waals surface area contributed by atoms with Crippen molar-refractivity contribution in [3.63, 3.8) is 0 Å². The van der Waals surface area contributed by atoms with E-state index in [-0.39, 0.29) is 0 Å². The molecule has 1 saturated heterocycles. The summed E-state index contributed by atoms with van der Waals surface area (Å²) in [5, 5.41) is 11.4. The molecule has 0 saturated carbocycles. The normalized spacial score (nSPS) is 18.0. The van der Waals surface area contributed by atoms with Gasteiger partial charge in [-0.15, -0.1) is 0 Å². The Morgan fingerprint density at radius 3 is 1.44 bits per heavy atom. The van der Waals surface area contributed by atoms with Crippen LogP contribution >= 0.6 is 0 Å². The number of hydrogen-bond acceptors (Lipinski definition) is 5. The summed E-state index contributed by atoms with van der Waals surface area (Å²) >= 11 is 0. The first-order valence-electron chi connectivity index (χ1n) is 13.2. The highest BCUT2D eigenvalue weighted by Crippen LogP contribution is 2.47. The summed E-state index contributed by atoms with van der Waals surface area (Å²) < 4.78 is 20.1. The van der Waals surface area contributed by atoms with Gasteiger partial charge >= 0.3 is 20.7 Å². The van der Waals surface area contributed by atoms with Crippen molar-refractivity contribution in [2.24, 2.45) is 0 Å². The molecule has 202 valence electrons. The van der Waals surface area contributed by atoms with Gasteiger partial charge in [-0.2, -0.15) is 0 Å². The van der Waals surface area contributed by atoms with Crippen LogP contribution < -0.4 is 5.19 Å². The number of carboxylic acid groups (broad SMARTS) is 1. The lowest BCUT2D eigenvalue weighted by atomic mass is 9.86. The van der Waals surface area contributed by atoms with E-state index in [2.05, 4.69) is 0 Å². The minimum absolute atomic E-state index is 0.359. The Labute approximate surface area is 238 Å². The first-order chi connectivity index (χ1) is 20.0. The van der Waals surface area contributed by atoms with Gasteiger partial charge in [-0.1, -0.05) is 152 Å². The van der Waals surface area contributed by atoms with E-state index in [0.717, 1.165) is 0 Å². The highest BCUT2D eigenvalue weighted by Gasteiger charge is 2.69. The van der Waals surface area contributed by atoms with E-state index in [0.29, 0.717) is 27.4 Å². The van der Waals surface area contributed by atoms with Crippen LogP contribution in [0.1, 0.15) is 22.3 Å². The van der Waals surface area contributed by atoms with Crippen molar-refractivity contribution >= 4 is 25.9 Å². The highest BCUT2D eigenvalue weighted by atomic mass is 28.4. The fourth-order valence-corrected chi connectivity index (χ4v) is 8.22. The van der Waals surface area contributed by atoms with Gasteiger partial charge in [-0.25, -0.2) is 9.59 Å². The lowest BCUT2D eigenvalue weighted by Crippen LogP contribution is -2.60. The van der Waals surface area contributed by atoms with E-state index < -0.39 is 31.9 Å². The number of aliphatic carboxylic acids is 1.